The number of furan rings is 1. The van der Waals surface area contributed by atoms with Crippen LogP contribution >= 0.6 is 0 Å². The minimum atomic E-state index is -3.75. The highest BCUT2D eigenvalue weighted by atomic mass is 32.2. The van der Waals surface area contributed by atoms with Gasteiger partial charge in [-0.3, -0.25) is 4.79 Å². The summed E-state index contributed by atoms with van der Waals surface area (Å²) in [5.74, 6) is 1.02. The summed E-state index contributed by atoms with van der Waals surface area (Å²) in [6, 6.07) is 11.5. The summed E-state index contributed by atoms with van der Waals surface area (Å²) in [6.45, 7) is 5.16. The highest BCUT2D eigenvalue weighted by Gasteiger charge is 2.31. The lowest BCUT2D eigenvalue weighted by molar-refractivity contribution is 0.0935. The number of benzene rings is 2. The number of carbonyl (C=O) groups is 1. The number of sulfonamides is 1. The Bertz CT molecular complexity index is 1260. The summed E-state index contributed by atoms with van der Waals surface area (Å²) in [5, 5.41) is 3.76. The van der Waals surface area contributed by atoms with E-state index in [-0.39, 0.29) is 16.2 Å². The number of hydrogen-bond acceptors (Lipinski definition) is 6. The Labute approximate surface area is 193 Å². The van der Waals surface area contributed by atoms with Gasteiger partial charge in [-0.15, -0.1) is 0 Å². The van der Waals surface area contributed by atoms with Gasteiger partial charge in [0.05, 0.1) is 19.8 Å². The van der Waals surface area contributed by atoms with Gasteiger partial charge < -0.3 is 19.2 Å². The predicted molar refractivity (Wildman–Crippen MR) is 124 cm³/mol. The van der Waals surface area contributed by atoms with E-state index in [9.17, 15) is 13.2 Å². The van der Waals surface area contributed by atoms with Crippen LogP contribution in [0.1, 0.15) is 48.8 Å². The second-order valence-electron chi connectivity index (χ2n) is 7.93. The van der Waals surface area contributed by atoms with Gasteiger partial charge in [-0.2, -0.15) is 4.31 Å². The maximum absolute atomic E-state index is 13.1. The van der Waals surface area contributed by atoms with Gasteiger partial charge in [0.15, 0.2) is 11.3 Å². The average Bonchev–Trinajstić information content (AvgIpc) is 3.50. The van der Waals surface area contributed by atoms with Crippen LogP contribution in [0.15, 0.2) is 51.8 Å². The molecule has 0 saturated carbocycles. The van der Waals surface area contributed by atoms with Crippen molar-refractivity contribution in [1.29, 1.82) is 0 Å². The van der Waals surface area contributed by atoms with E-state index in [1.165, 1.54) is 23.5 Å². The number of hydrogen-bond donors (Lipinski definition) is 1. The Morgan fingerprint density at radius 1 is 1.15 bits per heavy atom. The van der Waals surface area contributed by atoms with Gasteiger partial charge in [0, 0.05) is 24.0 Å². The second-order valence-corrected chi connectivity index (χ2v) is 9.83. The van der Waals surface area contributed by atoms with Crippen LogP contribution in [0.25, 0.3) is 11.0 Å². The molecular weight excluding hydrogens is 444 g/mol. The second kappa shape index (κ2) is 9.44. The number of rotatable bonds is 8. The molecule has 4 rings (SSSR count). The first-order valence-electron chi connectivity index (χ1n) is 11.0. The van der Waals surface area contributed by atoms with Crippen molar-refractivity contribution in [2.24, 2.45) is 0 Å². The molecule has 1 N–H and O–H groups in total. The number of amides is 1. The molecule has 1 saturated heterocycles. The van der Waals surface area contributed by atoms with Crippen LogP contribution in [0.4, 0.5) is 0 Å². The fraction of sp³-hybridized carbons (Fsp3) is 0.375. The summed E-state index contributed by atoms with van der Waals surface area (Å²) in [4.78, 5) is 13.0. The normalized spacial score (nSPS) is 15.5. The topological polar surface area (TPSA) is 98.1 Å². The van der Waals surface area contributed by atoms with Crippen molar-refractivity contribution in [1.82, 2.24) is 9.62 Å². The van der Waals surface area contributed by atoms with E-state index in [1.807, 2.05) is 31.2 Å². The first-order chi connectivity index (χ1) is 15.8. The fourth-order valence-electron chi connectivity index (χ4n) is 3.98. The van der Waals surface area contributed by atoms with Crippen molar-refractivity contribution in [2.45, 2.75) is 37.6 Å². The van der Waals surface area contributed by atoms with Gasteiger partial charge in [-0.1, -0.05) is 12.1 Å². The molecule has 2 aromatic carbocycles. The quantitative estimate of drug-likeness (QED) is 0.530. The molecule has 1 atom stereocenters. The van der Waals surface area contributed by atoms with E-state index in [4.69, 9.17) is 13.9 Å². The van der Waals surface area contributed by atoms with Crippen molar-refractivity contribution >= 4 is 26.9 Å². The summed E-state index contributed by atoms with van der Waals surface area (Å²) in [6.07, 6.45) is 1.64. The molecule has 3 aromatic rings. The Balaban J connectivity index is 1.58. The van der Waals surface area contributed by atoms with Crippen molar-refractivity contribution < 1.29 is 27.1 Å². The van der Waals surface area contributed by atoms with Crippen molar-refractivity contribution in [2.75, 3.05) is 26.8 Å². The van der Waals surface area contributed by atoms with E-state index in [1.54, 1.807) is 13.0 Å². The first kappa shape index (κ1) is 23.1. The lowest BCUT2D eigenvalue weighted by atomic mass is 10.1. The fourth-order valence-corrected chi connectivity index (χ4v) is 5.68. The van der Waals surface area contributed by atoms with Crippen LogP contribution in [0.2, 0.25) is 0 Å². The van der Waals surface area contributed by atoms with Crippen LogP contribution < -0.4 is 14.8 Å². The molecule has 1 aliphatic heterocycles. The Morgan fingerprint density at radius 2 is 1.91 bits per heavy atom. The van der Waals surface area contributed by atoms with E-state index >= 15 is 0 Å². The Morgan fingerprint density at radius 3 is 2.61 bits per heavy atom. The zero-order valence-corrected chi connectivity index (χ0v) is 19.8. The van der Waals surface area contributed by atoms with E-state index < -0.39 is 22.0 Å². The molecule has 8 nitrogen and oxygen atoms in total. The minimum absolute atomic E-state index is 0.00250. The largest absolute Gasteiger partial charge is 0.495 e. The van der Waals surface area contributed by atoms with Crippen molar-refractivity contribution in [3.05, 3.63) is 53.8 Å². The highest BCUT2D eigenvalue weighted by molar-refractivity contribution is 7.89. The first-order valence-corrected chi connectivity index (χ1v) is 12.4. The smallest absolute Gasteiger partial charge is 0.251 e. The number of fused-ring (bicyclic) bond motifs is 1. The van der Waals surface area contributed by atoms with Crippen LogP contribution in [0, 0.1) is 0 Å². The molecule has 9 heteroatoms. The van der Waals surface area contributed by atoms with Crippen LogP contribution in [0.3, 0.4) is 0 Å². The molecule has 33 heavy (non-hydrogen) atoms. The van der Waals surface area contributed by atoms with Crippen molar-refractivity contribution in [3.8, 4) is 11.5 Å². The number of nitrogens with zero attached hydrogens (tertiary/aromatic N) is 1. The molecule has 1 aromatic heterocycles. The lowest BCUT2D eigenvalue weighted by Gasteiger charge is -2.18. The van der Waals surface area contributed by atoms with Gasteiger partial charge in [0.25, 0.3) is 5.91 Å². The zero-order valence-electron chi connectivity index (χ0n) is 19.0. The summed E-state index contributed by atoms with van der Waals surface area (Å²) in [5.41, 5.74) is 0.852. The predicted octanol–water partition coefficient (Wildman–Crippen LogP) is 4.12. The van der Waals surface area contributed by atoms with Crippen LogP contribution in [-0.2, 0) is 10.0 Å². The summed E-state index contributed by atoms with van der Waals surface area (Å²) >= 11 is 0. The van der Waals surface area contributed by atoms with Gasteiger partial charge in [0.2, 0.25) is 10.0 Å². The Hall–Kier alpha value is -3.04. The van der Waals surface area contributed by atoms with Gasteiger partial charge in [-0.25, -0.2) is 8.42 Å². The third-order valence-corrected chi connectivity index (χ3v) is 7.63. The molecule has 1 fully saturated rings. The molecule has 0 unspecified atom stereocenters. The highest BCUT2D eigenvalue weighted by Crippen LogP contribution is 2.32. The molecule has 2 heterocycles. The zero-order chi connectivity index (χ0) is 23.6. The number of carbonyl (C=O) groups excluding carboxylic acids is 1. The minimum Gasteiger partial charge on any atom is -0.495 e. The van der Waals surface area contributed by atoms with E-state index in [0.29, 0.717) is 36.8 Å². The third-order valence-electron chi connectivity index (χ3n) is 5.71. The average molecular weight is 473 g/mol. The Kier molecular flexibility index (Phi) is 6.62. The van der Waals surface area contributed by atoms with Gasteiger partial charge in [-0.05, 0) is 57.0 Å². The van der Waals surface area contributed by atoms with E-state index in [0.717, 1.165) is 18.2 Å². The molecule has 0 aliphatic carbocycles. The maximum atomic E-state index is 13.1. The number of nitrogens with one attached hydrogen (secondary N) is 1. The lowest BCUT2D eigenvalue weighted by Crippen LogP contribution is -2.29. The number of para-hydroxylation sites is 1. The summed E-state index contributed by atoms with van der Waals surface area (Å²) in [7, 11) is -2.33. The van der Waals surface area contributed by atoms with Crippen molar-refractivity contribution in [3.63, 3.8) is 0 Å². The SMILES string of the molecule is CCOc1cccc2cc([C@@H](C)NC(=O)c3ccc(OC)c(S(=O)(=O)N4CCCC4)c3)oc12. The van der Waals surface area contributed by atoms with E-state index in [2.05, 4.69) is 5.32 Å². The van der Waals surface area contributed by atoms with Crippen LogP contribution in [-0.4, -0.2) is 45.4 Å². The molecular formula is C24H28N2O6S. The molecule has 1 amide bonds. The monoisotopic (exact) mass is 472 g/mol. The molecule has 0 radical (unpaired) electrons. The molecule has 176 valence electrons. The third kappa shape index (κ3) is 4.56. The number of ether oxygens (including phenoxy) is 2. The maximum Gasteiger partial charge on any atom is 0.251 e. The molecule has 1 aliphatic rings. The van der Waals surface area contributed by atoms with Gasteiger partial charge >= 0.3 is 0 Å². The molecule has 0 bridgehead atoms. The van der Waals surface area contributed by atoms with Crippen LogP contribution in [0.5, 0.6) is 11.5 Å². The standard InChI is InChI=1S/C24H28N2O6S/c1-4-31-20-9-7-8-17-14-21(32-23(17)20)16(2)25-24(27)18-10-11-19(30-3)22(15-18)33(28,29)26-12-5-6-13-26/h7-11,14-16H,4-6,12-13H2,1-3H3,(H,25,27)/t16-/m1/s1. The number of methoxy groups -OCH3 is 1. The van der Waals surface area contributed by atoms with Gasteiger partial charge in [0.1, 0.15) is 16.4 Å². The summed E-state index contributed by atoms with van der Waals surface area (Å²) < 4.78 is 44.5. The molecule has 0 spiro atoms.